The van der Waals surface area contributed by atoms with E-state index in [1.807, 2.05) is 0 Å². The van der Waals surface area contributed by atoms with Crippen LogP contribution in [0.1, 0.15) is 39.0 Å². The van der Waals surface area contributed by atoms with Crippen molar-refractivity contribution in [1.82, 2.24) is 10.6 Å². The Kier molecular flexibility index (Phi) is 7.54. The molecule has 1 fully saturated rings. The third-order valence-electron chi connectivity index (χ3n) is 3.76. The molecular formula is C14H27N3O3. The average Bonchev–Trinajstić information content (AvgIpc) is 2.63. The van der Waals surface area contributed by atoms with E-state index in [9.17, 15) is 9.59 Å². The van der Waals surface area contributed by atoms with Crippen molar-refractivity contribution in [2.75, 3.05) is 20.3 Å². The molecule has 0 aromatic rings. The molecule has 0 bridgehead atoms. The Labute approximate surface area is 120 Å². The fourth-order valence-electron chi connectivity index (χ4n) is 2.48. The normalized spacial score (nSPS) is 24.6. The van der Waals surface area contributed by atoms with Gasteiger partial charge in [0.05, 0.1) is 12.5 Å². The van der Waals surface area contributed by atoms with E-state index in [-0.39, 0.29) is 23.8 Å². The molecule has 0 spiro atoms. The summed E-state index contributed by atoms with van der Waals surface area (Å²) in [6.07, 6.45) is 4.93. The molecule has 1 saturated carbocycles. The van der Waals surface area contributed by atoms with Gasteiger partial charge < -0.3 is 21.1 Å². The molecule has 0 aromatic carbocycles. The maximum Gasteiger partial charge on any atom is 0.242 e. The van der Waals surface area contributed by atoms with Crippen molar-refractivity contribution >= 4 is 11.8 Å². The van der Waals surface area contributed by atoms with Gasteiger partial charge in [-0.3, -0.25) is 9.59 Å². The second kappa shape index (κ2) is 8.92. The fraction of sp³-hybridized carbons (Fsp3) is 0.857. The first-order valence-electron chi connectivity index (χ1n) is 7.39. The Balaban J connectivity index is 2.41. The van der Waals surface area contributed by atoms with Crippen LogP contribution in [-0.2, 0) is 14.3 Å². The van der Waals surface area contributed by atoms with E-state index in [1.54, 1.807) is 14.0 Å². The Morgan fingerprint density at radius 1 is 1.30 bits per heavy atom. The Hall–Kier alpha value is -1.14. The molecule has 1 aliphatic carbocycles. The lowest BCUT2D eigenvalue weighted by Gasteiger charge is -2.22. The highest BCUT2D eigenvalue weighted by atomic mass is 16.5. The molecule has 0 radical (unpaired) electrons. The van der Waals surface area contributed by atoms with Gasteiger partial charge in [-0.15, -0.1) is 0 Å². The zero-order chi connectivity index (χ0) is 15.0. The van der Waals surface area contributed by atoms with Crippen LogP contribution in [0.4, 0.5) is 0 Å². The molecule has 1 rings (SSSR count). The first kappa shape index (κ1) is 16.9. The lowest BCUT2D eigenvalue weighted by Crippen LogP contribution is -2.50. The van der Waals surface area contributed by atoms with E-state index in [0.29, 0.717) is 13.2 Å². The van der Waals surface area contributed by atoms with Crippen molar-refractivity contribution in [2.24, 2.45) is 11.7 Å². The van der Waals surface area contributed by atoms with Crippen molar-refractivity contribution < 1.29 is 14.3 Å². The predicted octanol–water partition coefficient (Wildman–Crippen LogP) is 0.161. The number of hydrogen-bond acceptors (Lipinski definition) is 4. The van der Waals surface area contributed by atoms with Gasteiger partial charge in [0, 0.05) is 19.7 Å². The van der Waals surface area contributed by atoms with Crippen LogP contribution in [0, 0.1) is 5.92 Å². The fourth-order valence-corrected chi connectivity index (χ4v) is 2.48. The van der Waals surface area contributed by atoms with Gasteiger partial charge in [0.25, 0.3) is 0 Å². The largest absolute Gasteiger partial charge is 0.383 e. The molecule has 3 unspecified atom stereocenters. The highest BCUT2D eigenvalue weighted by molar-refractivity contribution is 5.88. The molecule has 4 N–H and O–H groups in total. The predicted molar refractivity (Wildman–Crippen MR) is 77.0 cm³/mol. The van der Waals surface area contributed by atoms with Crippen LogP contribution < -0.4 is 16.4 Å². The van der Waals surface area contributed by atoms with Gasteiger partial charge in [0.2, 0.25) is 11.8 Å². The third kappa shape index (κ3) is 5.46. The summed E-state index contributed by atoms with van der Waals surface area (Å²) < 4.78 is 4.86. The molecule has 2 amide bonds. The topological polar surface area (TPSA) is 93.5 Å². The van der Waals surface area contributed by atoms with E-state index in [4.69, 9.17) is 10.5 Å². The summed E-state index contributed by atoms with van der Waals surface area (Å²) in [6, 6.07) is -0.643. The maximum absolute atomic E-state index is 12.2. The minimum absolute atomic E-state index is 0.0961. The SMILES string of the molecule is COCCNC(=O)C(C)NC(=O)C1CCCCCC1N. The molecular weight excluding hydrogens is 258 g/mol. The molecule has 0 aliphatic heterocycles. The number of amides is 2. The highest BCUT2D eigenvalue weighted by Crippen LogP contribution is 2.22. The number of carbonyl (C=O) groups excluding carboxylic acids is 2. The molecule has 3 atom stereocenters. The summed E-state index contributed by atoms with van der Waals surface area (Å²) in [4.78, 5) is 24.0. The Morgan fingerprint density at radius 3 is 2.70 bits per heavy atom. The molecule has 116 valence electrons. The van der Waals surface area contributed by atoms with Crippen LogP contribution >= 0.6 is 0 Å². The monoisotopic (exact) mass is 285 g/mol. The Morgan fingerprint density at radius 2 is 2.00 bits per heavy atom. The van der Waals surface area contributed by atoms with Gasteiger partial charge in [-0.1, -0.05) is 19.3 Å². The zero-order valence-corrected chi connectivity index (χ0v) is 12.5. The maximum atomic E-state index is 12.2. The lowest BCUT2D eigenvalue weighted by atomic mass is 9.94. The van der Waals surface area contributed by atoms with E-state index < -0.39 is 6.04 Å². The van der Waals surface area contributed by atoms with E-state index >= 15 is 0 Å². The van der Waals surface area contributed by atoms with E-state index in [0.717, 1.165) is 32.1 Å². The second-order valence-corrected chi connectivity index (χ2v) is 5.42. The van der Waals surface area contributed by atoms with E-state index in [1.165, 1.54) is 0 Å². The first-order valence-corrected chi connectivity index (χ1v) is 7.39. The minimum Gasteiger partial charge on any atom is -0.383 e. The molecule has 1 aliphatic rings. The van der Waals surface area contributed by atoms with Crippen LogP contribution in [0.15, 0.2) is 0 Å². The van der Waals surface area contributed by atoms with Crippen LogP contribution in [-0.4, -0.2) is 44.2 Å². The summed E-state index contributed by atoms with van der Waals surface area (Å²) in [5.41, 5.74) is 6.05. The molecule has 6 nitrogen and oxygen atoms in total. The number of methoxy groups -OCH3 is 1. The number of carbonyl (C=O) groups is 2. The second-order valence-electron chi connectivity index (χ2n) is 5.42. The summed E-state index contributed by atoms with van der Waals surface area (Å²) >= 11 is 0. The standard InChI is InChI=1S/C14H27N3O3/c1-10(13(18)16-8-9-20-2)17-14(19)11-6-4-3-5-7-12(11)15/h10-12H,3-9,15H2,1-2H3,(H,16,18)(H,17,19). The highest BCUT2D eigenvalue weighted by Gasteiger charge is 2.28. The zero-order valence-electron chi connectivity index (χ0n) is 12.5. The van der Waals surface area contributed by atoms with Crippen LogP contribution in [0.25, 0.3) is 0 Å². The smallest absolute Gasteiger partial charge is 0.242 e. The molecule has 20 heavy (non-hydrogen) atoms. The summed E-state index contributed by atoms with van der Waals surface area (Å²) in [5, 5.41) is 5.47. The number of nitrogens with one attached hydrogen (secondary N) is 2. The summed E-state index contributed by atoms with van der Waals surface area (Å²) in [7, 11) is 1.57. The number of hydrogen-bond donors (Lipinski definition) is 3. The van der Waals surface area contributed by atoms with Gasteiger partial charge in [0.15, 0.2) is 0 Å². The molecule has 6 heteroatoms. The van der Waals surface area contributed by atoms with Crippen molar-refractivity contribution in [3.8, 4) is 0 Å². The van der Waals surface area contributed by atoms with Crippen LogP contribution in [0.2, 0.25) is 0 Å². The third-order valence-corrected chi connectivity index (χ3v) is 3.76. The van der Waals surface area contributed by atoms with Gasteiger partial charge >= 0.3 is 0 Å². The number of ether oxygens (including phenoxy) is 1. The number of rotatable bonds is 6. The van der Waals surface area contributed by atoms with Crippen LogP contribution in [0.5, 0.6) is 0 Å². The first-order chi connectivity index (χ1) is 9.56. The summed E-state index contributed by atoms with van der Waals surface area (Å²) in [6.45, 7) is 2.58. The van der Waals surface area contributed by atoms with E-state index in [2.05, 4.69) is 10.6 Å². The van der Waals surface area contributed by atoms with Gasteiger partial charge in [-0.05, 0) is 19.8 Å². The van der Waals surface area contributed by atoms with Gasteiger partial charge in [-0.2, -0.15) is 0 Å². The lowest BCUT2D eigenvalue weighted by molar-refractivity contribution is -0.131. The van der Waals surface area contributed by atoms with Crippen molar-refractivity contribution in [3.05, 3.63) is 0 Å². The van der Waals surface area contributed by atoms with Crippen molar-refractivity contribution in [3.63, 3.8) is 0 Å². The van der Waals surface area contributed by atoms with Gasteiger partial charge in [-0.25, -0.2) is 0 Å². The van der Waals surface area contributed by atoms with Crippen molar-refractivity contribution in [1.29, 1.82) is 0 Å². The average molecular weight is 285 g/mol. The minimum atomic E-state index is -0.546. The van der Waals surface area contributed by atoms with Crippen LogP contribution in [0.3, 0.4) is 0 Å². The quantitative estimate of drug-likeness (QED) is 0.479. The van der Waals surface area contributed by atoms with Crippen molar-refractivity contribution in [2.45, 2.75) is 51.1 Å². The molecule has 0 aromatic heterocycles. The Bertz CT molecular complexity index is 323. The molecule has 0 saturated heterocycles. The van der Waals surface area contributed by atoms with Gasteiger partial charge in [0.1, 0.15) is 6.04 Å². The molecule has 0 heterocycles. The number of nitrogens with two attached hydrogens (primary N) is 1. The summed E-state index contributed by atoms with van der Waals surface area (Å²) in [5.74, 6) is -0.474.